The van der Waals surface area contributed by atoms with Gasteiger partial charge in [-0.2, -0.15) is 5.10 Å². The van der Waals surface area contributed by atoms with Crippen molar-refractivity contribution in [3.63, 3.8) is 0 Å². The quantitative estimate of drug-likeness (QED) is 0.911. The predicted octanol–water partition coefficient (Wildman–Crippen LogP) is 2.23. The number of hydrogen-bond acceptors (Lipinski definition) is 4. The first kappa shape index (κ1) is 18.0. The normalized spacial score (nSPS) is 22.9. The number of anilines is 1. The lowest BCUT2D eigenvalue weighted by Gasteiger charge is -2.34. The number of rotatable bonds is 3. The van der Waals surface area contributed by atoms with Crippen LogP contribution in [0.2, 0.25) is 0 Å². The van der Waals surface area contributed by atoms with E-state index in [0.717, 1.165) is 37.9 Å². The van der Waals surface area contributed by atoms with Gasteiger partial charge in [-0.05, 0) is 25.7 Å². The number of piperidine rings is 1. The molecule has 0 spiro atoms. The molecule has 2 fully saturated rings. The third-order valence-corrected chi connectivity index (χ3v) is 5.56. The summed E-state index contributed by atoms with van der Waals surface area (Å²) in [5.74, 6) is 0.190. The SMILES string of the molecule is Cn1ncc(N2CCCC(C(=O)NC3CCCCCCC3)C2)cc1=O. The van der Waals surface area contributed by atoms with Gasteiger partial charge in [-0.15, -0.1) is 0 Å². The van der Waals surface area contributed by atoms with Crippen LogP contribution in [0.25, 0.3) is 0 Å². The van der Waals surface area contributed by atoms with Crippen LogP contribution >= 0.6 is 0 Å². The molecule has 0 bridgehead atoms. The number of carbonyl (C=O) groups is 1. The molecule has 25 heavy (non-hydrogen) atoms. The van der Waals surface area contributed by atoms with Crippen molar-refractivity contribution in [3.8, 4) is 0 Å². The van der Waals surface area contributed by atoms with Gasteiger partial charge in [0, 0.05) is 32.2 Å². The van der Waals surface area contributed by atoms with E-state index in [-0.39, 0.29) is 17.4 Å². The average Bonchev–Trinajstić information content (AvgIpc) is 2.59. The van der Waals surface area contributed by atoms with Gasteiger partial charge in [-0.1, -0.05) is 32.1 Å². The molecule has 6 nitrogen and oxygen atoms in total. The highest BCUT2D eigenvalue weighted by molar-refractivity contribution is 5.79. The van der Waals surface area contributed by atoms with E-state index in [1.165, 1.54) is 36.8 Å². The van der Waals surface area contributed by atoms with Gasteiger partial charge in [0.05, 0.1) is 17.8 Å². The van der Waals surface area contributed by atoms with Crippen molar-refractivity contribution in [2.45, 2.75) is 63.8 Å². The second kappa shape index (κ2) is 8.50. The predicted molar refractivity (Wildman–Crippen MR) is 98.7 cm³/mol. The second-order valence-corrected chi connectivity index (χ2v) is 7.51. The molecular formula is C19H30N4O2. The zero-order valence-electron chi connectivity index (χ0n) is 15.2. The Labute approximate surface area is 149 Å². The van der Waals surface area contributed by atoms with Gasteiger partial charge in [0.2, 0.25) is 5.91 Å². The van der Waals surface area contributed by atoms with E-state index in [0.29, 0.717) is 12.6 Å². The summed E-state index contributed by atoms with van der Waals surface area (Å²) in [4.78, 5) is 26.7. The number of aromatic nitrogens is 2. The highest BCUT2D eigenvalue weighted by atomic mass is 16.2. The zero-order chi connectivity index (χ0) is 17.6. The average molecular weight is 346 g/mol. The summed E-state index contributed by atoms with van der Waals surface area (Å²) in [6.07, 6.45) is 12.2. The molecule has 1 saturated heterocycles. The first-order valence-corrected chi connectivity index (χ1v) is 9.72. The lowest BCUT2D eigenvalue weighted by atomic mass is 9.93. The van der Waals surface area contributed by atoms with Crippen LogP contribution in [0.15, 0.2) is 17.1 Å². The van der Waals surface area contributed by atoms with E-state index in [1.807, 2.05) is 0 Å². The van der Waals surface area contributed by atoms with E-state index in [4.69, 9.17) is 0 Å². The Kier molecular flexibility index (Phi) is 6.10. The summed E-state index contributed by atoms with van der Waals surface area (Å²) >= 11 is 0. The van der Waals surface area contributed by atoms with Crippen molar-refractivity contribution in [3.05, 3.63) is 22.6 Å². The van der Waals surface area contributed by atoms with Crippen molar-refractivity contribution in [2.75, 3.05) is 18.0 Å². The van der Waals surface area contributed by atoms with Crippen LogP contribution in [0.5, 0.6) is 0 Å². The molecule has 6 heteroatoms. The molecule has 138 valence electrons. The maximum atomic E-state index is 12.7. The molecule has 2 heterocycles. The number of aryl methyl sites for hydroxylation is 1. The van der Waals surface area contributed by atoms with Crippen LogP contribution in [-0.4, -0.2) is 34.8 Å². The third-order valence-electron chi connectivity index (χ3n) is 5.56. The lowest BCUT2D eigenvalue weighted by molar-refractivity contribution is -0.126. The summed E-state index contributed by atoms with van der Waals surface area (Å²) in [5, 5.41) is 7.40. The molecule has 1 saturated carbocycles. The van der Waals surface area contributed by atoms with Gasteiger partial charge < -0.3 is 10.2 Å². The molecule has 2 aliphatic rings. The Morgan fingerprint density at radius 3 is 2.56 bits per heavy atom. The van der Waals surface area contributed by atoms with Gasteiger partial charge >= 0.3 is 0 Å². The van der Waals surface area contributed by atoms with Crippen LogP contribution in [0.1, 0.15) is 57.8 Å². The van der Waals surface area contributed by atoms with Crippen LogP contribution in [0.3, 0.4) is 0 Å². The van der Waals surface area contributed by atoms with Crippen LogP contribution in [-0.2, 0) is 11.8 Å². The molecule has 1 N–H and O–H groups in total. The van der Waals surface area contributed by atoms with E-state index in [2.05, 4.69) is 15.3 Å². The standard InChI is InChI=1S/C19H30N4O2/c1-22-18(24)12-17(13-20-22)23-11-7-8-15(14-23)19(25)21-16-9-5-3-2-4-6-10-16/h12-13,15-16H,2-11,14H2,1H3,(H,21,25). The van der Waals surface area contributed by atoms with Gasteiger partial charge in [0.1, 0.15) is 0 Å². The summed E-state index contributed by atoms with van der Waals surface area (Å²) in [5.41, 5.74) is 0.713. The van der Waals surface area contributed by atoms with Gasteiger partial charge in [-0.25, -0.2) is 4.68 Å². The Bertz CT molecular complexity index is 635. The third kappa shape index (κ3) is 4.83. The highest BCUT2D eigenvalue weighted by Gasteiger charge is 2.27. The smallest absolute Gasteiger partial charge is 0.268 e. The summed E-state index contributed by atoms with van der Waals surface area (Å²) in [6, 6.07) is 1.95. The number of amides is 1. The van der Waals surface area contributed by atoms with E-state index >= 15 is 0 Å². The van der Waals surface area contributed by atoms with Crippen molar-refractivity contribution >= 4 is 11.6 Å². The minimum absolute atomic E-state index is 0.00301. The van der Waals surface area contributed by atoms with Gasteiger partial charge in [0.15, 0.2) is 0 Å². The van der Waals surface area contributed by atoms with Crippen molar-refractivity contribution in [2.24, 2.45) is 13.0 Å². The minimum atomic E-state index is -0.112. The van der Waals surface area contributed by atoms with Crippen molar-refractivity contribution < 1.29 is 4.79 Å². The van der Waals surface area contributed by atoms with Crippen LogP contribution in [0.4, 0.5) is 5.69 Å². The molecule has 1 unspecified atom stereocenters. The second-order valence-electron chi connectivity index (χ2n) is 7.51. The Morgan fingerprint density at radius 2 is 1.84 bits per heavy atom. The molecule has 1 aromatic heterocycles. The molecule has 1 aliphatic carbocycles. The van der Waals surface area contributed by atoms with E-state index in [1.54, 1.807) is 19.3 Å². The molecule has 0 aromatic carbocycles. The molecule has 1 atom stereocenters. The molecule has 0 radical (unpaired) electrons. The Balaban J connectivity index is 1.59. The van der Waals surface area contributed by atoms with Crippen LogP contribution < -0.4 is 15.8 Å². The molecule has 1 amide bonds. The number of hydrogen-bond donors (Lipinski definition) is 1. The Morgan fingerprint density at radius 1 is 1.12 bits per heavy atom. The molecular weight excluding hydrogens is 316 g/mol. The number of carbonyl (C=O) groups excluding carboxylic acids is 1. The van der Waals surface area contributed by atoms with Crippen LogP contribution in [0, 0.1) is 5.92 Å². The minimum Gasteiger partial charge on any atom is -0.369 e. The maximum Gasteiger partial charge on any atom is 0.268 e. The zero-order valence-corrected chi connectivity index (χ0v) is 15.2. The molecule has 3 rings (SSSR count). The first-order valence-electron chi connectivity index (χ1n) is 9.72. The van der Waals surface area contributed by atoms with Gasteiger partial charge in [-0.3, -0.25) is 9.59 Å². The fraction of sp³-hybridized carbons (Fsp3) is 0.737. The molecule has 1 aliphatic heterocycles. The lowest BCUT2D eigenvalue weighted by Crippen LogP contribution is -2.46. The fourth-order valence-corrected chi connectivity index (χ4v) is 3.98. The number of nitrogens with one attached hydrogen (secondary N) is 1. The maximum absolute atomic E-state index is 12.7. The summed E-state index contributed by atoms with van der Waals surface area (Å²) in [7, 11) is 1.65. The van der Waals surface area contributed by atoms with E-state index < -0.39 is 0 Å². The van der Waals surface area contributed by atoms with E-state index in [9.17, 15) is 9.59 Å². The topological polar surface area (TPSA) is 67.2 Å². The van der Waals surface area contributed by atoms with Gasteiger partial charge in [0.25, 0.3) is 5.56 Å². The Hall–Kier alpha value is -1.85. The molecule has 1 aromatic rings. The first-order chi connectivity index (χ1) is 12.1. The largest absolute Gasteiger partial charge is 0.369 e. The highest BCUT2D eigenvalue weighted by Crippen LogP contribution is 2.23. The van der Waals surface area contributed by atoms with Crippen molar-refractivity contribution in [1.29, 1.82) is 0 Å². The van der Waals surface area contributed by atoms with Crippen molar-refractivity contribution in [1.82, 2.24) is 15.1 Å². The number of nitrogens with zero attached hydrogens (tertiary/aromatic N) is 3. The summed E-state index contributed by atoms with van der Waals surface area (Å²) < 4.78 is 1.33. The monoisotopic (exact) mass is 346 g/mol. The fourth-order valence-electron chi connectivity index (χ4n) is 3.98. The summed E-state index contributed by atoms with van der Waals surface area (Å²) in [6.45, 7) is 1.55.